The van der Waals surface area contributed by atoms with Crippen molar-refractivity contribution in [1.82, 2.24) is 4.90 Å². The first-order valence-corrected chi connectivity index (χ1v) is 10.6. The Labute approximate surface area is 166 Å². The van der Waals surface area contributed by atoms with Crippen molar-refractivity contribution < 1.29 is 14.2 Å². The van der Waals surface area contributed by atoms with E-state index in [4.69, 9.17) is 14.2 Å². The molecule has 3 rings (SSSR count). The van der Waals surface area contributed by atoms with E-state index in [1.165, 1.54) is 11.1 Å². The SMILES string of the molecule is CCCOc1c(OC)cc2c(c1Br)CCN1CC(OC(C)(C)C)CCC21. The molecule has 2 aliphatic heterocycles. The third-order valence-electron chi connectivity index (χ3n) is 5.16. The van der Waals surface area contributed by atoms with E-state index in [2.05, 4.69) is 54.6 Å². The number of benzene rings is 1. The summed E-state index contributed by atoms with van der Waals surface area (Å²) in [5, 5.41) is 0. The van der Waals surface area contributed by atoms with Crippen LogP contribution in [0.1, 0.15) is 64.1 Å². The van der Waals surface area contributed by atoms with Crippen molar-refractivity contribution in [2.45, 2.75) is 71.1 Å². The highest BCUT2D eigenvalue weighted by Crippen LogP contribution is 2.47. The molecule has 5 heteroatoms. The minimum absolute atomic E-state index is 0.0804. The van der Waals surface area contributed by atoms with Gasteiger partial charge in [-0.25, -0.2) is 0 Å². The van der Waals surface area contributed by atoms with Crippen molar-refractivity contribution in [1.29, 1.82) is 0 Å². The van der Waals surface area contributed by atoms with Gasteiger partial charge in [-0.1, -0.05) is 6.92 Å². The van der Waals surface area contributed by atoms with Crippen LogP contribution in [0, 0.1) is 0 Å². The van der Waals surface area contributed by atoms with E-state index >= 15 is 0 Å². The van der Waals surface area contributed by atoms with Gasteiger partial charge in [0.1, 0.15) is 0 Å². The smallest absolute Gasteiger partial charge is 0.175 e. The van der Waals surface area contributed by atoms with Crippen molar-refractivity contribution in [2.75, 3.05) is 26.8 Å². The Morgan fingerprint density at radius 3 is 2.69 bits per heavy atom. The number of fused-ring (bicyclic) bond motifs is 3. The van der Waals surface area contributed by atoms with E-state index in [9.17, 15) is 0 Å². The van der Waals surface area contributed by atoms with E-state index < -0.39 is 0 Å². The first-order valence-electron chi connectivity index (χ1n) is 9.78. The molecular formula is C21H32BrNO3. The molecule has 0 radical (unpaired) electrons. The summed E-state index contributed by atoms with van der Waals surface area (Å²) in [5.74, 6) is 1.69. The second-order valence-corrected chi connectivity index (χ2v) is 9.12. The Morgan fingerprint density at radius 1 is 1.27 bits per heavy atom. The molecule has 0 N–H and O–H groups in total. The standard InChI is InChI=1S/C21H32BrNO3/c1-6-11-25-20-18(24-5)12-16-15(19(20)22)9-10-23-13-14(7-8-17(16)23)26-21(2,3)4/h12,14,17H,6-11,13H2,1-5H3. The minimum Gasteiger partial charge on any atom is -0.493 e. The fraction of sp³-hybridized carbons (Fsp3) is 0.714. The molecule has 1 saturated heterocycles. The summed E-state index contributed by atoms with van der Waals surface area (Å²) in [6.45, 7) is 11.3. The van der Waals surface area contributed by atoms with Gasteiger partial charge in [0.25, 0.3) is 0 Å². The molecule has 2 aliphatic rings. The number of rotatable bonds is 5. The first-order chi connectivity index (χ1) is 12.3. The highest BCUT2D eigenvalue weighted by atomic mass is 79.9. The third-order valence-corrected chi connectivity index (χ3v) is 6.00. The molecule has 26 heavy (non-hydrogen) atoms. The van der Waals surface area contributed by atoms with Gasteiger partial charge in [0, 0.05) is 19.1 Å². The van der Waals surface area contributed by atoms with Crippen LogP contribution in [0.25, 0.3) is 0 Å². The maximum Gasteiger partial charge on any atom is 0.175 e. The van der Waals surface area contributed by atoms with E-state index in [1.807, 2.05) is 0 Å². The van der Waals surface area contributed by atoms with Gasteiger partial charge in [-0.2, -0.15) is 0 Å². The maximum atomic E-state index is 6.25. The second-order valence-electron chi connectivity index (χ2n) is 8.33. The lowest BCUT2D eigenvalue weighted by Crippen LogP contribution is -2.47. The Morgan fingerprint density at radius 2 is 2.04 bits per heavy atom. The fourth-order valence-corrected chi connectivity index (χ4v) is 4.90. The molecular weight excluding hydrogens is 394 g/mol. The summed E-state index contributed by atoms with van der Waals surface area (Å²) in [4.78, 5) is 2.58. The third kappa shape index (κ3) is 4.20. The van der Waals surface area contributed by atoms with Gasteiger partial charge in [0.2, 0.25) is 0 Å². The first kappa shape index (κ1) is 20.0. The van der Waals surface area contributed by atoms with Gasteiger partial charge in [-0.15, -0.1) is 0 Å². The zero-order valence-corrected chi connectivity index (χ0v) is 18.3. The number of nitrogens with zero attached hydrogens (tertiary/aromatic N) is 1. The predicted molar refractivity (Wildman–Crippen MR) is 108 cm³/mol. The van der Waals surface area contributed by atoms with Crippen LogP contribution < -0.4 is 9.47 Å². The van der Waals surface area contributed by atoms with Gasteiger partial charge in [0.15, 0.2) is 11.5 Å². The number of hydrogen-bond donors (Lipinski definition) is 0. The summed E-state index contributed by atoms with van der Waals surface area (Å²) >= 11 is 3.81. The second kappa shape index (κ2) is 8.07. The monoisotopic (exact) mass is 425 g/mol. The van der Waals surface area contributed by atoms with Crippen LogP contribution in [0.15, 0.2) is 10.5 Å². The Balaban J connectivity index is 1.85. The number of piperidine rings is 1. The largest absolute Gasteiger partial charge is 0.493 e. The van der Waals surface area contributed by atoms with Crippen molar-refractivity contribution in [3.8, 4) is 11.5 Å². The summed E-state index contributed by atoms with van der Waals surface area (Å²) in [6.07, 6.45) is 4.56. The van der Waals surface area contributed by atoms with Gasteiger partial charge in [-0.3, -0.25) is 4.90 Å². The molecule has 0 aliphatic carbocycles. The van der Waals surface area contributed by atoms with Gasteiger partial charge in [0.05, 0.1) is 29.9 Å². The molecule has 0 bridgehead atoms. The number of hydrogen-bond acceptors (Lipinski definition) is 4. The van der Waals surface area contributed by atoms with Crippen molar-refractivity contribution >= 4 is 15.9 Å². The minimum atomic E-state index is -0.0804. The average molecular weight is 426 g/mol. The highest BCUT2D eigenvalue weighted by Gasteiger charge is 2.37. The van der Waals surface area contributed by atoms with E-state index in [-0.39, 0.29) is 5.60 Å². The van der Waals surface area contributed by atoms with Crippen molar-refractivity contribution in [3.05, 3.63) is 21.7 Å². The van der Waals surface area contributed by atoms with Crippen LogP contribution in [-0.2, 0) is 11.2 Å². The molecule has 0 aromatic heterocycles. The Hall–Kier alpha value is -0.780. The van der Waals surface area contributed by atoms with E-state index in [1.54, 1.807) is 7.11 Å². The molecule has 1 fully saturated rings. The number of ether oxygens (including phenoxy) is 3. The van der Waals surface area contributed by atoms with Gasteiger partial charge >= 0.3 is 0 Å². The zero-order valence-electron chi connectivity index (χ0n) is 16.7. The molecule has 146 valence electrons. The van der Waals surface area contributed by atoms with Gasteiger partial charge in [-0.05, 0) is 79.6 Å². The topological polar surface area (TPSA) is 30.9 Å². The average Bonchev–Trinajstić information content (AvgIpc) is 2.58. The maximum absolute atomic E-state index is 6.25. The Kier molecular flexibility index (Phi) is 6.20. The lowest BCUT2D eigenvalue weighted by molar-refractivity contribution is -0.0971. The van der Waals surface area contributed by atoms with Crippen LogP contribution in [0.3, 0.4) is 0 Å². The molecule has 1 aromatic rings. The van der Waals surface area contributed by atoms with E-state index in [0.29, 0.717) is 18.8 Å². The van der Waals surface area contributed by atoms with Crippen LogP contribution >= 0.6 is 15.9 Å². The molecule has 2 heterocycles. The summed E-state index contributed by atoms with van der Waals surface area (Å²) < 4.78 is 19.0. The summed E-state index contributed by atoms with van der Waals surface area (Å²) in [5.41, 5.74) is 2.69. The number of methoxy groups -OCH3 is 1. The molecule has 1 aromatic carbocycles. The van der Waals surface area contributed by atoms with Gasteiger partial charge < -0.3 is 14.2 Å². The number of halogens is 1. The Bertz CT molecular complexity index is 641. The zero-order chi connectivity index (χ0) is 18.9. The van der Waals surface area contributed by atoms with Crippen molar-refractivity contribution in [3.63, 3.8) is 0 Å². The quantitative estimate of drug-likeness (QED) is 0.654. The van der Waals surface area contributed by atoms with E-state index in [0.717, 1.165) is 54.7 Å². The highest BCUT2D eigenvalue weighted by molar-refractivity contribution is 9.10. The normalized spacial score (nSPS) is 23.3. The van der Waals surface area contributed by atoms with Crippen LogP contribution in [0.2, 0.25) is 0 Å². The molecule has 0 saturated carbocycles. The summed E-state index contributed by atoms with van der Waals surface area (Å²) in [7, 11) is 1.72. The molecule has 0 spiro atoms. The molecule has 2 unspecified atom stereocenters. The van der Waals surface area contributed by atoms with Crippen molar-refractivity contribution in [2.24, 2.45) is 0 Å². The predicted octanol–water partition coefficient (Wildman–Crippen LogP) is 5.12. The summed E-state index contributed by atoms with van der Waals surface area (Å²) in [6, 6.07) is 2.65. The lowest BCUT2D eigenvalue weighted by atomic mass is 9.85. The fourth-order valence-electron chi connectivity index (χ4n) is 4.16. The van der Waals surface area contributed by atoms with Crippen LogP contribution in [0.4, 0.5) is 0 Å². The molecule has 4 nitrogen and oxygen atoms in total. The molecule has 2 atom stereocenters. The van der Waals surface area contributed by atoms with Crippen LogP contribution in [0.5, 0.6) is 11.5 Å². The lowest BCUT2D eigenvalue weighted by Gasteiger charge is -2.45. The molecule has 0 amide bonds. The van der Waals surface area contributed by atoms with Crippen LogP contribution in [-0.4, -0.2) is 43.4 Å².